The monoisotopic (exact) mass is 498 g/mol. The standard InChI is InChI=1S/C31H18N2O3S/c34-29-24-12-7-15-32-28(24)30(35)25(29)17-22-18-27-31(37-22)23-14-13-21(16-26(23)36-27)33(19-8-3-1-4-9-19)20-10-5-2-6-11-20/h1-18H/b25-17-. The first kappa shape index (κ1) is 21.5. The first-order valence-corrected chi connectivity index (χ1v) is 12.6. The lowest BCUT2D eigenvalue weighted by Gasteiger charge is -2.25. The summed E-state index contributed by atoms with van der Waals surface area (Å²) in [6, 6.07) is 31.8. The summed E-state index contributed by atoms with van der Waals surface area (Å²) < 4.78 is 7.23. The lowest BCUT2D eigenvalue weighted by molar-refractivity contribution is 0.0989. The third-order valence-electron chi connectivity index (χ3n) is 6.48. The number of hydrogen-bond acceptors (Lipinski definition) is 6. The summed E-state index contributed by atoms with van der Waals surface area (Å²) in [5, 5.41) is 0.989. The van der Waals surface area contributed by atoms with E-state index in [4.69, 9.17) is 4.42 Å². The lowest BCUT2D eigenvalue weighted by atomic mass is 10.1. The molecule has 1 aliphatic rings. The molecule has 5 nitrogen and oxygen atoms in total. The third kappa shape index (κ3) is 3.50. The van der Waals surface area contributed by atoms with Crippen LogP contribution in [-0.4, -0.2) is 16.6 Å². The van der Waals surface area contributed by atoms with Crippen LogP contribution in [0.2, 0.25) is 0 Å². The van der Waals surface area contributed by atoms with Crippen LogP contribution < -0.4 is 4.90 Å². The van der Waals surface area contributed by atoms with Gasteiger partial charge in [-0.15, -0.1) is 11.3 Å². The van der Waals surface area contributed by atoms with Gasteiger partial charge in [0.05, 0.1) is 15.8 Å². The zero-order valence-corrected chi connectivity index (χ0v) is 20.2. The molecule has 0 saturated heterocycles. The summed E-state index contributed by atoms with van der Waals surface area (Å²) in [5.41, 5.74) is 5.32. The molecular formula is C31H18N2O3S. The summed E-state index contributed by atoms with van der Waals surface area (Å²) >= 11 is 1.50. The van der Waals surface area contributed by atoms with Crippen molar-refractivity contribution in [2.24, 2.45) is 0 Å². The molecule has 0 saturated carbocycles. The fraction of sp³-hybridized carbons (Fsp3) is 0. The van der Waals surface area contributed by atoms with Gasteiger partial charge >= 0.3 is 0 Å². The summed E-state index contributed by atoms with van der Waals surface area (Å²) in [5.74, 6) is -0.614. The first-order chi connectivity index (χ1) is 18.2. The average molecular weight is 499 g/mol. The van der Waals surface area contributed by atoms with E-state index in [1.807, 2.05) is 48.5 Å². The van der Waals surface area contributed by atoms with Gasteiger partial charge in [-0.1, -0.05) is 36.4 Å². The molecule has 1 aliphatic carbocycles. The molecule has 0 N–H and O–H groups in total. The predicted octanol–water partition coefficient (Wildman–Crippen LogP) is 7.97. The van der Waals surface area contributed by atoms with Crippen LogP contribution >= 0.6 is 11.3 Å². The average Bonchev–Trinajstić information content (AvgIpc) is 3.56. The maximum absolute atomic E-state index is 12.8. The Labute approximate surface area is 215 Å². The summed E-state index contributed by atoms with van der Waals surface area (Å²) in [6.07, 6.45) is 3.18. The number of fused-ring (bicyclic) bond motifs is 4. The Morgan fingerprint density at radius 1 is 0.730 bits per heavy atom. The van der Waals surface area contributed by atoms with Gasteiger partial charge in [0.2, 0.25) is 5.78 Å². The fourth-order valence-electron chi connectivity index (χ4n) is 4.79. The molecule has 3 aromatic carbocycles. The van der Waals surface area contributed by atoms with E-state index >= 15 is 0 Å². The molecule has 0 unspecified atom stereocenters. The van der Waals surface area contributed by atoms with Crippen LogP contribution in [0.15, 0.2) is 113 Å². The number of ketones is 2. The number of carbonyl (C=O) groups is 2. The Balaban J connectivity index is 1.29. The number of hydrogen-bond donors (Lipinski definition) is 0. The molecule has 0 bridgehead atoms. The highest BCUT2D eigenvalue weighted by Gasteiger charge is 2.34. The zero-order valence-electron chi connectivity index (χ0n) is 19.4. The largest absolute Gasteiger partial charge is 0.455 e. The van der Waals surface area contributed by atoms with Crippen molar-refractivity contribution in [3.8, 4) is 0 Å². The van der Waals surface area contributed by atoms with Gasteiger partial charge in [0.15, 0.2) is 5.78 Å². The predicted molar refractivity (Wildman–Crippen MR) is 147 cm³/mol. The molecule has 0 fully saturated rings. The van der Waals surface area contributed by atoms with E-state index in [9.17, 15) is 9.59 Å². The van der Waals surface area contributed by atoms with Crippen molar-refractivity contribution in [1.82, 2.24) is 4.98 Å². The zero-order chi connectivity index (χ0) is 24.9. The molecule has 3 heterocycles. The van der Waals surface area contributed by atoms with Gasteiger partial charge in [0, 0.05) is 39.6 Å². The van der Waals surface area contributed by atoms with E-state index in [1.165, 1.54) is 17.5 Å². The smallest absolute Gasteiger partial charge is 0.216 e. The lowest BCUT2D eigenvalue weighted by Crippen LogP contribution is -2.09. The van der Waals surface area contributed by atoms with Crippen LogP contribution in [0.1, 0.15) is 25.7 Å². The van der Waals surface area contributed by atoms with Gasteiger partial charge in [-0.3, -0.25) is 14.6 Å². The van der Waals surface area contributed by atoms with E-state index in [1.54, 1.807) is 18.2 Å². The van der Waals surface area contributed by atoms with Gasteiger partial charge in [-0.05, 0) is 60.7 Å². The molecule has 0 radical (unpaired) electrons. The molecule has 176 valence electrons. The van der Waals surface area contributed by atoms with Crippen LogP contribution in [0.25, 0.3) is 27.3 Å². The minimum atomic E-state index is -0.331. The Bertz CT molecular complexity index is 1790. The van der Waals surface area contributed by atoms with Crippen LogP contribution in [0.4, 0.5) is 17.1 Å². The Hall–Kier alpha value is -4.81. The van der Waals surface area contributed by atoms with E-state index < -0.39 is 0 Å². The highest BCUT2D eigenvalue weighted by atomic mass is 32.1. The second kappa shape index (κ2) is 8.40. The summed E-state index contributed by atoms with van der Waals surface area (Å²) in [6.45, 7) is 0. The molecule has 6 heteroatoms. The number of Topliss-reactive ketones (excluding diaryl/α,β-unsaturated/α-hetero) is 2. The van der Waals surface area contributed by atoms with Gasteiger partial charge < -0.3 is 9.32 Å². The molecule has 7 rings (SSSR count). The van der Waals surface area contributed by atoms with Gasteiger partial charge in [0.1, 0.15) is 16.9 Å². The minimum Gasteiger partial charge on any atom is -0.455 e. The number of carbonyl (C=O) groups excluding carboxylic acids is 2. The van der Waals surface area contributed by atoms with Gasteiger partial charge in [-0.2, -0.15) is 0 Å². The quantitative estimate of drug-likeness (QED) is 0.182. The number of allylic oxidation sites excluding steroid dienone is 1. The number of benzene rings is 3. The maximum Gasteiger partial charge on any atom is 0.216 e. The number of nitrogens with zero attached hydrogens (tertiary/aromatic N) is 2. The van der Waals surface area contributed by atoms with Gasteiger partial charge in [0.25, 0.3) is 0 Å². The first-order valence-electron chi connectivity index (χ1n) is 11.8. The molecule has 37 heavy (non-hydrogen) atoms. The minimum absolute atomic E-state index is 0.144. The summed E-state index contributed by atoms with van der Waals surface area (Å²) in [7, 11) is 0. The highest BCUT2D eigenvalue weighted by molar-refractivity contribution is 7.20. The Morgan fingerprint density at radius 2 is 1.46 bits per heavy atom. The topological polar surface area (TPSA) is 63.4 Å². The van der Waals surface area contributed by atoms with Crippen molar-refractivity contribution in [3.63, 3.8) is 0 Å². The van der Waals surface area contributed by atoms with Crippen LogP contribution in [0.5, 0.6) is 0 Å². The maximum atomic E-state index is 12.8. The molecule has 0 amide bonds. The SMILES string of the molecule is O=C1/C(=C/c2cc3oc4cc(N(c5ccccc5)c5ccccc5)ccc4c3s2)C(=O)c2ncccc21. The molecule has 6 aromatic rings. The number of anilines is 3. The number of furan rings is 1. The fourth-order valence-corrected chi connectivity index (χ4v) is 5.85. The van der Waals surface area contributed by atoms with Crippen molar-refractivity contribution in [2.45, 2.75) is 0 Å². The van der Waals surface area contributed by atoms with Crippen molar-refractivity contribution in [2.75, 3.05) is 4.90 Å². The van der Waals surface area contributed by atoms with Crippen molar-refractivity contribution < 1.29 is 14.0 Å². The Kier molecular flexibility index (Phi) is 4.87. The third-order valence-corrected chi connectivity index (χ3v) is 7.57. The Morgan fingerprint density at radius 3 is 2.16 bits per heavy atom. The van der Waals surface area contributed by atoms with E-state index in [0.29, 0.717) is 5.56 Å². The number of rotatable bonds is 4. The van der Waals surface area contributed by atoms with Gasteiger partial charge in [-0.25, -0.2) is 0 Å². The van der Waals surface area contributed by atoms with Crippen LogP contribution in [0, 0.1) is 0 Å². The van der Waals surface area contributed by atoms with Crippen molar-refractivity contribution >= 4 is 67.3 Å². The molecule has 0 aliphatic heterocycles. The second-order valence-corrected chi connectivity index (χ2v) is 9.83. The second-order valence-electron chi connectivity index (χ2n) is 8.75. The van der Waals surface area contributed by atoms with Crippen molar-refractivity contribution in [3.05, 3.63) is 125 Å². The van der Waals surface area contributed by atoms with E-state index in [0.717, 1.165) is 43.2 Å². The normalized spacial score (nSPS) is 14.1. The molecule has 0 atom stereocenters. The number of pyridine rings is 1. The van der Waals surface area contributed by atoms with E-state index in [-0.39, 0.29) is 22.8 Å². The summed E-state index contributed by atoms with van der Waals surface area (Å²) in [4.78, 5) is 32.6. The van der Waals surface area contributed by atoms with E-state index in [2.05, 4.69) is 46.3 Å². The van der Waals surface area contributed by atoms with Crippen LogP contribution in [-0.2, 0) is 0 Å². The number of para-hydroxylation sites is 2. The highest BCUT2D eigenvalue weighted by Crippen LogP contribution is 2.41. The van der Waals surface area contributed by atoms with Crippen molar-refractivity contribution in [1.29, 1.82) is 0 Å². The van der Waals surface area contributed by atoms with Crippen LogP contribution in [0.3, 0.4) is 0 Å². The molecular weight excluding hydrogens is 480 g/mol. The molecule has 0 spiro atoms. The number of aromatic nitrogens is 1. The number of thiophene rings is 1. The molecule has 3 aromatic heterocycles.